The molecule has 0 atom stereocenters. The van der Waals surface area contributed by atoms with Gasteiger partial charge >= 0.3 is 0 Å². The fourth-order valence-electron chi connectivity index (χ4n) is 8.86. The van der Waals surface area contributed by atoms with Crippen molar-refractivity contribution in [3.05, 3.63) is 309 Å². The van der Waals surface area contributed by atoms with Crippen LogP contribution in [0, 0.1) is 47.4 Å². The fourth-order valence-corrected chi connectivity index (χ4v) is 8.86. The van der Waals surface area contributed by atoms with E-state index < -0.39 is 0 Å². The summed E-state index contributed by atoms with van der Waals surface area (Å²) in [6, 6.07) is 76.4. The Bertz CT molecular complexity index is 3870. The predicted molar refractivity (Wildman–Crippen MR) is 318 cm³/mol. The Balaban J connectivity index is 0.873. The molecular formula is C73H50N2O4. The van der Waals surface area contributed by atoms with E-state index in [4.69, 9.17) is 0 Å². The molecule has 0 heterocycles. The molecule has 376 valence electrons. The van der Waals surface area contributed by atoms with E-state index >= 15 is 0 Å². The van der Waals surface area contributed by atoms with Gasteiger partial charge in [0.1, 0.15) is 11.5 Å². The molecule has 10 aromatic rings. The molecule has 0 radical (unpaired) electrons. The van der Waals surface area contributed by atoms with Gasteiger partial charge in [-0.25, -0.2) is 0 Å². The van der Waals surface area contributed by atoms with Gasteiger partial charge in [-0.1, -0.05) is 195 Å². The minimum Gasteiger partial charge on any atom is -0.507 e. The highest BCUT2D eigenvalue weighted by molar-refractivity contribution is 6.05. The SMILES string of the molecule is CC(C)(c1ccc(-c2ccc(NC(=O)c3ccc(C#Cc4ccccc4)c(O)c3)cc2C#Cc2ccccc2)cc1)c1ccc(-c2ccc(NC(=O)c3ccc(C#Cc4ccccc4)c(O)c3)cc2C#Cc2ccccc2)cc1. The molecule has 0 aromatic heterocycles. The zero-order chi connectivity index (χ0) is 54.6. The number of carbonyl (C=O) groups excluding carboxylic acids is 2. The number of rotatable bonds is 8. The zero-order valence-corrected chi connectivity index (χ0v) is 43.3. The molecule has 0 saturated heterocycles. The van der Waals surface area contributed by atoms with Crippen molar-refractivity contribution >= 4 is 23.2 Å². The molecule has 0 saturated carbocycles. The first-order chi connectivity index (χ1) is 38.5. The first-order valence-corrected chi connectivity index (χ1v) is 25.6. The Morgan fingerprint density at radius 1 is 0.342 bits per heavy atom. The number of hydrogen-bond donors (Lipinski definition) is 4. The minimum atomic E-state index is -0.382. The molecule has 0 aliphatic carbocycles. The highest BCUT2D eigenvalue weighted by Crippen LogP contribution is 2.36. The molecule has 10 aromatic carbocycles. The Morgan fingerprint density at radius 2 is 0.658 bits per heavy atom. The highest BCUT2D eigenvalue weighted by atomic mass is 16.3. The molecule has 10 rings (SSSR count). The van der Waals surface area contributed by atoms with Gasteiger partial charge in [0, 0.05) is 61.3 Å². The largest absolute Gasteiger partial charge is 0.507 e. The van der Waals surface area contributed by atoms with Crippen molar-refractivity contribution in [2.75, 3.05) is 10.6 Å². The lowest BCUT2D eigenvalue weighted by Crippen LogP contribution is -2.18. The number of benzene rings is 10. The van der Waals surface area contributed by atoms with Crippen LogP contribution in [-0.4, -0.2) is 22.0 Å². The van der Waals surface area contributed by atoms with Gasteiger partial charge in [0.25, 0.3) is 11.8 Å². The van der Waals surface area contributed by atoms with Crippen molar-refractivity contribution in [3.63, 3.8) is 0 Å². The van der Waals surface area contributed by atoms with Gasteiger partial charge in [0.2, 0.25) is 0 Å². The Hall–Kier alpha value is -11.0. The second kappa shape index (κ2) is 23.7. The summed E-state index contributed by atoms with van der Waals surface area (Å²) in [5, 5.41) is 27.6. The van der Waals surface area contributed by atoms with E-state index in [1.54, 1.807) is 24.3 Å². The van der Waals surface area contributed by atoms with E-state index in [0.29, 0.717) is 33.6 Å². The van der Waals surface area contributed by atoms with E-state index in [1.165, 1.54) is 12.1 Å². The van der Waals surface area contributed by atoms with Crippen LogP contribution in [0.2, 0.25) is 0 Å². The number of carbonyl (C=O) groups is 2. The summed E-state index contributed by atoms with van der Waals surface area (Å²) < 4.78 is 0. The van der Waals surface area contributed by atoms with Crippen molar-refractivity contribution in [1.29, 1.82) is 0 Å². The second-order valence-electron chi connectivity index (χ2n) is 19.1. The van der Waals surface area contributed by atoms with Crippen LogP contribution in [0.3, 0.4) is 0 Å². The summed E-state index contributed by atoms with van der Waals surface area (Å²) in [6.45, 7) is 4.41. The maximum absolute atomic E-state index is 13.6. The van der Waals surface area contributed by atoms with Gasteiger partial charge in [0.15, 0.2) is 0 Å². The van der Waals surface area contributed by atoms with Gasteiger partial charge in [-0.3, -0.25) is 9.59 Å². The molecule has 0 fully saturated rings. The normalized spacial score (nSPS) is 10.5. The van der Waals surface area contributed by atoms with Crippen LogP contribution in [0.15, 0.2) is 243 Å². The average Bonchev–Trinajstić information content (AvgIpc) is 3.50. The van der Waals surface area contributed by atoms with Crippen LogP contribution in [0.4, 0.5) is 11.4 Å². The molecule has 6 heteroatoms. The topological polar surface area (TPSA) is 98.7 Å². The third-order valence-electron chi connectivity index (χ3n) is 13.4. The van der Waals surface area contributed by atoms with E-state index in [9.17, 15) is 19.8 Å². The van der Waals surface area contributed by atoms with Gasteiger partial charge in [0.05, 0.1) is 11.1 Å². The molecule has 79 heavy (non-hydrogen) atoms. The average molecular weight is 1020 g/mol. The first-order valence-electron chi connectivity index (χ1n) is 25.6. The second-order valence-corrected chi connectivity index (χ2v) is 19.1. The molecule has 6 nitrogen and oxygen atoms in total. The highest BCUT2D eigenvalue weighted by Gasteiger charge is 2.24. The molecule has 0 aliphatic heterocycles. The van der Waals surface area contributed by atoms with Crippen molar-refractivity contribution in [1.82, 2.24) is 0 Å². The third kappa shape index (κ3) is 12.7. The van der Waals surface area contributed by atoms with Crippen molar-refractivity contribution < 1.29 is 19.8 Å². The van der Waals surface area contributed by atoms with Crippen LogP contribution in [-0.2, 0) is 5.41 Å². The number of hydrogen-bond acceptors (Lipinski definition) is 4. The summed E-state index contributed by atoms with van der Waals surface area (Å²) in [6.07, 6.45) is 0. The van der Waals surface area contributed by atoms with E-state index in [2.05, 4.69) is 120 Å². The first kappa shape index (κ1) is 51.5. The predicted octanol–water partition coefficient (Wildman–Crippen LogP) is 14.9. The summed E-state index contributed by atoms with van der Waals surface area (Å²) in [5.41, 5.74) is 13.0. The summed E-state index contributed by atoms with van der Waals surface area (Å²) in [5.74, 6) is 24.5. The standard InChI is InChI=1S/C73H50N2O4/c1-73(2,63-39-35-55(36-40-63)67-45-43-65(47-59(67)29-25-53-19-11-5-12-20-53)74-71(78)61-33-31-57(69(76)49-61)27-23-51-15-7-3-8-16-51)64-41-37-56(38-42-64)68-46-44-66(48-60(68)30-26-54-21-13-6-14-22-54)75-72(79)62-34-32-58(70(77)50-62)28-24-52-17-9-4-10-18-52/h3-22,31-50,76-77H,1-2H3,(H,74,78)(H,75,79). The smallest absolute Gasteiger partial charge is 0.255 e. The van der Waals surface area contributed by atoms with Gasteiger partial charge in [-0.2, -0.15) is 0 Å². The lowest BCUT2D eigenvalue weighted by atomic mass is 9.77. The molecule has 0 bridgehead atoms. The minimum absolute atomic E-state index is 0.0794. The lowest BCUT2D eigenvalue weighted by molar-refractivity contribution is 0.101. The molecule has 0 spiro atoms. The molecule has 0 aliphatic rings. The van der Waals surface area contributed by atoms with Crippen LogP contribution < -0.4 is 10.6 Å². The number of nitrogens with one attached hydrogen (secondary N) is 2. The van der Waals surface area contributed by atoms with Gasteiger partial charge in [-0.05, 0) is 143 Å². The van der Waals surface area contributed by atoms with Gasteiger partial charge < -0.3 is 20.8 Å². The van der Waals surface area contributed by atoms with Crippen LogP contribution in [0.25, 0.3) is 22.3 Å². The quantitative estimate of drug-likeness (QED) is 0.114. The molecule has 0 unspecified atom stereocenters. The summed E-state index contributed by atoms with van der Waals surface area (Å²) in [4.78, 5) is 27.1. The number of phenolic OH excluding ortho intramolecular Hbond substituents is 2. The molecular weight excluding hydrogens is 969 g/mol. The number of anilines is 2. The van der Waals surface area contributed by atoms with E-state index in [-0.39, 0.29) is 28.7 Å². The molecule has 4 N–H and O–H groups in total. The number of amides is 2. The maximum Gasteiger partial charge on any atom is 0.255 e. The van der Waals surface area contributed by atoms with Crippen LogP contribution >= 0.6 is 0 Å². The van der Waals surface area contributed by atoms with E-state index in [1.807, 2.05) is 158 Å². The monoisotopic (exact) mass is 1020 g/mol. The molecule has 2 amide bonds. The van der Waals surface area contributed by atoms with Crippen molar-refractivity contribution in [2.45, 2.75) is 19.3 Å². The fraction of sp³-hybridized carbons (Fsp3) is 0.0411. The van der Waals surface area contributed by atoms with Gasteiger partial charge in [-0.15, -0.1) is 0 Å². The maximum atomic E-state index is 13.6. The van der Waals surface area contributed by atoms with Crippen LogP contribution in [0.1, 0.15) is 90.2 Å². The number of aromatic hydroxyl groups is 2. The Labute approximate surface area is 461 Å². The zero-order valence-electron chi connectivity index (χ0n) is 43.3. The lowest BCUT2D eigenvalue weighted by Gasteiger charge is -2.27. The van der Waals surface area contributed by atoms with Crippen molar-refractivity contribution in [3.8, 4) is 81.1 Å². The van der Waals surface area contributed by atoms with E-state index in [0.717, 1.165) is 66.8 Å². The third-order valence-corrected chi connectivity index (χ3v) is 13.4. The number of phenols is 2. The summed E-state index contributed by atoms with van der Waals surface area (Å²) >= 11 is 0. The Morgan fingerprint density at radius 3 is 0.975 bits per heavy atom. The summed E-state index contributed by atoms with van der Waals surface area (Å²) in [7, 11) is 0. The van der Waals surface area contributed by atoms with Crippen molar-refractivity contribution in [2.24, 2.45) is 0 Å². The Kier molecular flexibility index (Phi) is 15.4. The van der Waals surface area contributed by atoms with Crippen LogP contribution in [0.5, 0.6) is 11.5 Å².